The second-order valence-corrected chi connectivity index (χ2v) is 8.86. The summed E-state index contributed by atoms with van der Waals surface area (Å²) in [6.07, 6.45) is 4.14. The number of aromatic nitrogens is 5. The van der Waals surface area contributed by atoms with Gasteiger partial charge in [0.05, 0.1) is 52.6 Å². The summed E-state index contributed by atoms with van der Waals surface area (Å²) < 4.78 is 9.13. The zero-order valence-corrected chi connectivity index (χ0v) is 22.2. The quantitative estimate of drug-likeness (QED) is 0.141. The number of Topliss-reactive ketones (excluding diaryl/α,β-unsaturated/α-hetero) is 1. The van der Waals surface area contributed by atoms with Crippen LogP contribution in [0.5, 0.6) is 5.75 Å². The molecule has 4 aromatic rings. The zero-order chi connectivity index (χ0) is 26.8. The SMILES string of the molecule is COc1cnc(-n2cnc(C(=O)NI)n2)c2[nH]cc(C(=O)C(=O)N3CCN(C(=O)c4ccccc4)CC3)c12. The van der Waals surface area contributed by atoms with Crippen molar-refractivity contribution in [1.29, 1.82) is 0 Å². The number of ether oxygens (including phenoxy) is 1. The number of nitrogens with zero attached hydrogens (tertiary/aromatic N) is 6. The first-order valence-corrected chi connectivity index (χ1v) is 12.6. The number of methoxy groups -OCH3 is 1. The molecule has 0 unspecified atom stereocenters. The molecule has 1 aliphatic rings. The number of aromatic amines is 1. The number of halogens is 1. The minimum Gasteiger partial charge on any atom is -0.494 e. The van der Waals surface area contributed by atoms with Crippen LogP contribution in [0.15, 0.2) is 49.1 Å². The lowest BCUT2D eigenvalue weighted by Gasteiger charge is -2.34. The summed E-state index contributed by atoms with van der Waals surface area (Å²) in [6, 6.07) is 8.92. The van der Waals surface area contributed by atoms with E-state index < -0.39 is 17.6 Å². The van der Waals surface area contributed by atoms with Crippen LogP contribution in [-0.2, 0) is 4.79 Å². The van der Waals surface area contributed by atoms with E-state index in [-0.39, 0.29) is 42.0 Å². The molecule has 3 amide bonds. The Bertz CT molecular complexity index is 1540. The van der Waals surface area contributed by atoms with Gasteiger partial charge < -0.3 is 19.5 Å². The van der Waals surface area contributed by atoms with Crippen molar-refractivity contribution in [2.75, 3.05) is 33.3 Å². The highest BCUT2D eigenvalue weighted by Crippen LogP contribution is 2.32. The van der Waals surface area contributed by atoms with Crippen LogP contribution in [0.25, 0.3) is 16.7 Å². The van der Waals surface area contributed by atoms with Gasteiger partial charge in [0, 0.05) is 37.9 Å². The fourth-order valence-corrected chi connectivity index (χ4v) is 4.50. The molecule has 0 radical (unpaired) electrons. The number of carbonyl (C=O) groups excluding carboxylic acids is 4. The molecule has 0 bridgehead atoms. The second kappa shape index (κ2) is 10.6. The van der Waals surface area contributed by atoms with Gasteiger partial charge in [0.1, 0.15) is 12.1 Å². The fraction of sp³-hybridized carbons (Fsp3) is 0.208. The molecule has 13 nitrogen and oxygen atoms in total. The number of benzene rings is 1. The van der Waals surface area contributed by atoms with E-state index in [1.54, 1.807) is 52.0 Å². The van der Waals surface area contributed by atoms with Crippen LogP contribution in [0.2, 0.25) is 0 Å². The van der Waals surface area contributed by atoms with Crippen molar-refractivity contribution in [3.8, 4) is 11.6 Å². The van der Waals surface area contributed by atoms with Gasteiger partial charge in [0.15, 0.2) is 5.82 Å². The van der Waals surface area contributed by atoms with Crippen LogP contribution < -0.4 is 8.27 Å². The number of H-pyrrole nitrogens is 1. The number of nitrogens with one attached hydrogen (secondary N) is 2. The van der Waals surface area contributed by atoms with Crippen molar-refractivity contribution >= 4 is 57.3 Å². The highest BCUT2D eigenvalue weighted by molar-refractivity contribution is 14.1. The molecule has 1 saturated heterocycles. The fourth-order valence-electron chi connectivity index (χ4n) is 4.26. The Labute approximate surface area is 229 Å². The number of amides is 3. The number of piperazine rings is 1. The van der Waals surface area contributed by atoms with Gasteiger partial charge in [0.2, 0.25) is 5.82 Å². The monoisotopic (exact) mass is 628 g/mol. The summed E-state index contributed by atoms with van der Waals surface area (Å²) in [5.74, 6) is -1.51. The summed E-state index contributed by atoms with van der Waals surface area (Å²) in [7, 11) is 1.43. The largest absolute Gasteiger partial charge is 0.494 e. The van der Waals surface area contributed by atoms with E-state index in [9.17, 15) is 19.2 Å². The van der Waals surface area contributed by atoms with Crippen molar-refractivity contribution in [3.05, 3.63) is 66.0 Å². The van der Waals surface area contributed by atoms with Crippen LogP contribution in [-0.4, -0.2) is 91.3 Å². The maximum Gasteiger partial charge on any atom is 0.299 e. The summed E-state index contributed by atoms with van der Waals surface area (Å²) in [5, 5.41) is 4.49. The maximum absolute atomic E-state index is 13.3. The van der Waals surface area contributed by atoms with Gasteiger partial charge in [-0.3, -0.25) is 22.7 Å². The zero-order valence-electron chi connectivity index (χ0n) is 20.0. The first-order valence-electron chi connectivity index (χ1n) is 11.5. The summed E-state index contributed by atoms with van der Waals surface area (Å²) >= 11 is 1.69. The van der Waals surface area contributed by atoms with E-state index in [0.29, 0.717) is 29.6 Å². The Balaban J connectivity index is 1.37. The topological polar surface area (TPSA) is 155 Å². The molecule has 14 heteroatoms. The third kappa shape index (κ3) is 4.57. The van der Waals surface area contributed by atoms with Crippen molar-refractivity contribution in [3.63, 3.8) is 0 Å². The van der Waals surface area contributed by atoms with Gasteiger partial charge in [-0.05, 0) is 12.1 Å². The third-order valence-corrected chi connectivity index (χ3v) is 6.68. The van der Waals surface area contributed by atoms with Crippen molar-refractivity contribution in [2.24, 2.45) is 0 Å². The Hall–Kier alpha value is -4.34. The molecule has 2 N–H and O–H groups in total. The minimum atomic E-state index is -0.724. The van der Waals surface area contributed by atoms with Crippen molar-refractivity contribution in [1.82, 2.24) is 38.1 Å². The molecule has 5 rings (SSSR count). The third-order valence-electron chi connectivity index (χ3n) is 6.19. The molecule has 0 atom stereocenters. The van der Waals surface area contributed by atoms with Crippen molar-refractivity contribution in [2.45, 2.75) is 0 Å². The number of hydrogen-bond acceptors (Lipinski definition) is 8. The van der Waals surface area contributed by atoms with E-state index in [1.165, 1.54) is 35.4 Å². The molecule has 0 saturated carbocycles. The molecule has 38 heavy (non-hydrogen) atoms. The number of hydrogen-bond donors (Lipinski definition) is 2. The van der Waals surface area contributed by atoms with Gasteiger partial charge in [-0.15, -0.1) is 5.10 Å². The average Bonchev–Trinajstić information content (AvgIpc) is 3.64. The molecule has 3 aromatic heterocycles. The predicted octanol–water partition coefficient (Wildman–Crippen LogP) is 1.40. The van der Waals surface area contributed by atoms with Crippen LogP contribution in [0.1, 0.15) is 31.3 Å². The Morgan fingerprint density at radius 2 is 1.74 bits per heavy atom. The molecule has 1 aromatic carbocycles. The maximum atomic E-state index is 13.3. The van der Waals surface area contributed by atoms with Gasteiger partial charge in [-0.2, -0.15) is 4.68 Å². The van der Waals surface area contributed by atoms with Crippen LogP contribution in [0.4, 0.5) is 0 Å². The number of carbonyl (C=O) groups is 4. The van der Waals surface area contributed by atoms with E-state index in [2.05, 4.69) is 23.6 Å². The molecular formula is C24H21IN8O5. The van der Waals surface area contributed by atoms with Gasteiger partial charge in [-0.1, -0.05) is 18.2 Å². The van der Waals surface area contributed by atoms with E-state index in [0.717, 1.165) is 0 Å². The van der Waals surface area contributed by atoms with Gasteiger partial charge in [-0.25, -0.2) is 9.97 Å². The van der Waals surface area contributed by atoms with Crippen LogP contribution >= 0.6 is 22.9 Å². The Morgan fingerprint density at radius 3 is 2.42 bits per heavy atom. The first-order chi connectivity index (χ1) is 18.4. The Kier molecular flexibility index (Phi) is 7.04. The van der Waals surface area contributed by atoms with Gasteiger partial charge in [0.25, 0.3) is 23.5 Å². The first kappa shape index (κ1) is 25.3. The van der Waals surface area contributed by atoms with E-state index in [1.807, 2.05) is 6.07 Å². The van der Waals surface area contributed by atoms with Crippen LogP contribution in [0.3, 0.4) is 0 Å². The number of rotatable bonds is 6. The lowest BCUT2D eigenvalue weighted by molar-refractivity contribution is -0.127. The molecular weight excluding hydrogens is 607 g/mol. The van der Waals surface area contributed by atoms with Crippen LogP contribution in [0, 0.1) is 0 Å². The normalized spacial score (nSPS) is 13.4. The Morgan fingerprint density at radius 1 is 1.03 bits per heavy atom. The van der Waals surface area contributed by atoms with E-state index in [4.69, 9.17) is 4.74 Å². The van der Waals surface area contributed by atoms with E-state index >= 15 is 0 Å². The highest BCUT2D eigenvalue weighted by Gasteiger charge is 2.31. The number of ketones is 1. The molecule has 1 fully saturated rings. The number of pyridine rings is 1. The van der Waals surface area contributed by atoms with Gasteiger partial charge >= 0.3 is 0 Å². The lowest BCUT2D eigenvalue weighted by Crippen LogP contribution is -2.52. The molecule has 0 spiro atoms. The lowest BCUT2D eigenvalue weighted by atomic mass is 10.1. The molecule has 1 aliphatic heterocycles. The summed E-state index contributed by atoms with van der Waals surface area (Å²) in [5.41, 5.74) is 1.07. The summed E-state index contributed by atoms with van der Waals surface area (Å²) in [6.45, 7) is 1.10. The highest BCUT2D eigenvalue weighted by atomic mass is 127. The molecule has 0 aliphatic carbocycles. The minimum absolute atomic E-state index is 0.0620. The predicted molar refractivity (Wildman–Crippen MR) is 142 cm³/mol. The second-order valence-electron chi connectivity index (χ2n) is 8.32. The average molecular weight is 628 g/mol. The molecule has 4 heterocycles. The molecule has 194 valence electrons. The smallest absolute Gasteiger partial charge is 0.299 e. The summed E-state index contributed by atoms with van der Waals surface area (Å²) in [4.78, 5) is 65.5. The van der Waals surface area contributed by atoms with Crippen molar-refractivity contribution < 1.29 is 23.9 Å². The number of fused-ring (bicyclic) bond motifs is 1. The standard InChI is InChI=1S/C24H21IN8O5/c1-38-16-12-27-21(33-13-28-20(30-33)22(35)29-25)18-17(16)15(11-26-18)19(34)24(37)32-9-7-31(8-10-32)23(36)14-5-3-2-4-6-14/h2-6,11-13,26H,7-10H2,1H3,(H,29,35).